The van der Waals surface area contributed by atoms with E-state index in [9.17, 15) is 14.4 Å². The fourth-order valence-corrected chi connectivity index (χ4v) is 3.84. The Bertz CT molecular complexity index is 748. The van der Waals surface area contributed by atoms with Crippen LogP contribution >= 0.6 is 0 Å². The Morgan fingerprint density at radius 1 is 1.35 bits per heavy atom. The molecular weight excluding hydrogens is 332 g/mol. The number of nitrogens with one attached hydrogen (secondary N) is 2. The Balaban J connectivity index is 1.85. The highest BCUT2D eigenvalue weighted by atomic mass is 16.2. The van der Waals surface area contributed by atoms with Gasteiger partial charge in [0.05, 0.1) is 28.7 Å². The molecule has 0 bridgehead atoms. The average Bonchev–Trinajstić information content (AvgIpc) is 2.90. The zero-order valence-corrected chi connectivity index (χ0v) is 15.4. The first kappa shape index (κ1) is 18.4. The molecular formula is C19H26N4O3. The van der Waals surface area contributed by atoms with Crippen molar-refractivity contribution in [3.63, 3.8) is 0 Å². The highest BCUT2D eigenvalue weighted by molar-refractivity contribution is 6.07. The number of amides is 3. The van der Waals surface area contributed by atoms with E-state index in [4.69, 9.17) is 5.73 Å². The van der Waals surface area contributed by atoms with Crippen molar-refractivity contribution in [1.29, 1.82) is 0 Å². The van der Waals surface area contributed by atoms with Crippen molar-refractivity contribution in [2.24, 2.45) is 17.6 Å². The summed E-state index contributed by atoms with van der Waals surface area (Å²) < 4.78 is 0. The van der Waals surface area contributed by atoms with Crippen LogP contribution in [0.4, 0.5) is 5.69 Å². The molecule has 2 aliphatic rings. The molecule has 0 unspecified atom stereocenters. The minimum absolute atomic E-state index is 0.175. The van der Waals surface area contributed by atoms with Crippen LogP contribution in [0.25, 0.3) is 0 Å². The maximum absolute atomic E-state index is 12.8. The van der Waals surface area contributed by atoms with Gasteiger partial charge in [-0.2, -0.15) is 0 Å². The number of anilines is 1. The lowest BCUT2D eigenvalue weighted by Crippen LogP contribution is -2.56. The molecule has 3 amide bonds. The Labute approximate surface area is 153 Å². The zero-order valence-electron chi connectivity index (χ0n) is 15.4. The zero-order chi connectivity index (χ0) is 19.1. The van der Waals surface area contributed by atoms with E-state index < -0.39 is 17.5 Å². The predicted octanol–water partition coefficient (Wildman–Crippen LogP) is 0.959. The molecule has 26 heavy (non-hydrogen) atoms. The minimum atomic E-state index is -0.831. The van der Waals surface area contributed by atoms with Crippen molar-refractivity contribution >= 4 is 23.4 Å². The molecule has 3 atom stereocenters. The monoisotopic (exact) mass is 358 g/mol. The Kier molecular flexibility index (Phi) is 4.75. The molecule has 0 aromatic heterocycles. The van der Waals surface area contributed by atoms with Crippen LogP contribution in [0.5, 0.6) is 0 Å². The van der Waals surface area contributed by atoms with E-state index >= 15 is 0 Å². The Hall–Kier alpha value is -2.41. The van der Waals surface area contributed by atoms with Gasteiger partial charge in [0, 0.05) is 13.1 Å². The van der Waals surface area contributed by atoms with E-state index in [1.807, 2.05) is 20.8 Å². The van der Waals surface area contributed by atoms with Gasteiger partial charge in [0.2, 0.25) is 11.8 Å². The molecule has 1 saturated heterocycles. The molecule has 140 valence electrons. The molecule has 2 aliphatic heterocycles. The molecule has 7 nitrogen and oxygen atoms in total. The largest absolute Gasteiger partial charge is 0.344 e. The van der Waals surface area contributed by atoms with Crippen molar-refractivity contribution in [3.05, 3.63) is 29.8 Å². The summed E-state index contributed by atoms with van der Waals surface area (Å²) in [6, 6.07) is 6.29. The third-order valence-electron chi connectivity index (χ3n) is 5.19. The summed E-state index contributed by atoms with van der Waals surface area (Å²) in [6.07, 6.45) is 0.584. The van der Waals surface area contributed by atoms with Gasteiger partial charge < -0.3 is 21.3 Å². The summed E-state index contributed by atoms with van der Waals surface area (Å²) in [7, 11) is 0. The number of hydrogen-bond donors (Lipinski definition) is 3. The highest BCUT2D eigenvalue weighted by Crippen LogP contribution is 2.32. The van der Waals surface area contributed by atoms with Crippen molar-refractivity contribution in [2.45, 2.75) is 38.8 Å². The lowest BCUT2D eigenvalue weighted by Gasteiger charge is -2.33. The second kappa shape index (κ2) is 6.72. The summed E-state index contributed by atoms with van der Waals surface area (Å²) in [5.41, 5.74) is 6.12. The molecule has 3 rings (SSSR count). The van der Waals surface area contributed by atoms with E-state index in [1.165, 1.54) is 0 Å². The van der Waals surface area contributed by atoms with Gasteiger partial charge in [-0.3, -0.25) is 14.4 Å². The minimum Gasteiger partial charge on any atom is -0.344 e. The van der Waals surface area contributed by atoms with Crippen LogP contribution in [-0.2, 0) is 9.59 Å². The number of carbonyl (C=O) groups is 3. The number of benzene rings is 1. The molecule has 2 heterocycles. The first-order valence-corrected chi connectivity index (χ1v) is 8.98. The molecule has 0 saturated carbocycles. The maximum atomic E-state index is 12.8. The van der Waals surface area contributed by atoms with Gasteiger partial charge in [-0.15, -0.1) is 0 Å². The van der Waals surface area contributed by atoms with Crippen molar-refractivity contribution in [1.82, 2.24) is 10.2 Å². The third kappa shape index (κ3) is 3.31. The van der Waals surface area contributed by atoms with Crippen LogP contribution < -0.4 is 16.4 Å². The summed E-state index contributed by atoms with van der Waals surface area (Å²) in [6.45, 7) is 6.35. The fraction of sp³-hybridized carbons (Fsp3) is 0.526. The molecule has 4 N–H and O–H groups in total. The predicted molar refractivity (Wildman–Crippen MR) is 98.4 cm³/mol. The fourth-order valence-electron chi connectivity index (χ4n) is 3.84. The lowest BCUT2D eigenvalue weighted by molar-refractivity contribution is -0.132. The number of nitrogens with two attached hydrogens (primary N) is 1. The molecule has 1 fully saturated rings. The van der Waals surface area contributed by atoms with Crippen LogP contribution in [0, 0.1) is 11.8 Å². The SMILES string of the molecule is CC(C)C[C@@H](N)C(=O)N1C[C@H]2C(=O)Nc3ccccc3C(=O)N[C@@]2(C)C1. The first-order valence-electron chi connectivity index (χ1n) is 8.98. The molecule has 0 radical (unpaired) electrons. The summed E-state index contributed by atoms with van der Waals surface area (Å²) in [5, 5.41) is 5.82. The third-order valence-corrected chi connectivity index (χ3v) is 5.19. The van der Waals surface area contributed by atoms with Crippen LogP contribution in [0.2, 0.25) is 0 Å². The standard InChI is InChI=1S/C19H26N4O3/c1-11(2)8-14(20)18(26)23-9-13-17(25)21-15-7-5-4-6-12(15)16(24)22-19(13,3)10-23/h4-7,11,13-14H,8-10,20H2,1-3H3,(H,21,25)(H,22,24)/t13-,14+,19-/m0/s1. The van der Waals surface area contributed by atoms with Gasteiger partial charge in [0.1, 0.15) is 0 Å². The quantitative estimate of drug-likeness (QED) is 0.748. The highest BCUT2D eigenvalue weighted by Gasteiger charge is 2.50. The molecule has 0 spiro atoms. The van der Waals surface area contributed by atoms with Gasteiger partial charge in [-0.1, -0.05) is 26.0 Å². The summed E-state index contributed by atoms with van der Waals surface area (Å²) in [5.74, 6) is -0.860. The van der Waals surface area contributed by atoms with Gasteiger partial charge in [0.15, 0.2) is 0 Å². The number of carbonyl (C=O) groups excluding carboxylic acids is 3. The lowest BCUT2D eigenvalue weighted by atomic mass is 9.86. The van der Waals surface area contributed by atoms with Crippen LogP contribution in [0.3, 0.4) is 0 Å². The number of nitrogens with zero attached hydrogens (tertiary/aromatic N) is 1. The average molecular weight is 358 g/mol. The van der Waals surface area contributed by atoms with Crippen LogP contribution in [0.1, 0.15) is 37.6 Å². The van der Waals surface area contributed by atoms with Crippen LogP contribution in [0.15, 0.2) is 24.3 Å². The van der Waals surface area contributed by atoms with E-state index in [2.05, 4.69) is 10.6 Å². The normalized spacial score (nSPS) is 26.3. The summed E-state index contributed by atoms with van der Waals surface area (Å²) in [4.78, 5) is 39.8. The van der Waals surface area contributed by atoms with Gasteiger partial charge >= 0.3 is 0 Å². The Morgan fingerprint density at radius 2 is 2.04 bits per heavy atom. The van der Waals surface area contributed by atoms with Crippen molar-refractivity contribution < 1.29 is 14.4 Å². The smallest absolute Gasteiger partial charge is 0.253 e. The molecule has 0 aliphatic carbocycles. The number of hydrogen-bond acceptors (Lipinski definition) is 4. The van der Waals surface area contributed by atoms with Gasteiger partial charge in [0.25, 0.3) is 5.91 Å². The second-order valence-electron chi connectivity index (χ2n) is 7.91. The van der Waals surface area contributed by atoms with E-state index in [0.717, 1.165) is 0 Å². The molecule has 7 heteroatoms. The second-order valence-corrected chi connectivity index (χ2v) is 7.91. The molecule has 1 aromatic carbocycles. The van der Waals surface area contributed by atoms with E-state index in [1.54, 1.807) is 29.2 Å². The van der Waals surface area contributed by atoms with Crippen molar-refractivity contribution in [3.8, 4) is 0 Å². The number of rotatable bonds is 3. The number of likely N-dealkylation sites (tertiary alicyclic amines) is 1. The number of fused-ring (bicyclic) bond motifs is 2. The van der Waals surface area contributed by atoms with E-state index in [-0.39, 0.29) is 30.8 Å². The first-order chi connectivity index (χ1) is 12.2. The molecule has 1 aromatic rings. The Morgan fingerprint density at radius 3 is 2.73 bits per heavy atom. The maximum Gasteiger partial charge on any atom is 0.253 e. The topological polar surface area (TPSA) is 105 Å². The van der Waals surface area contributed by atoms with E-state index in [0.29, 0.717) is 23.6 Å². The van der Waals surface area contributed by atoms with Gasteiger partial charge in [-0.05, 0) is 31.4 Å². The van der Waals surface area contributed by atoms with Crippen molar-refractivity contribution in [2.75, 3.05) is 18.4 Å². The van der Waals surface area contributed by atoms with Crippen LogP contribution in [-0.4, -0.2) is 47.3 Å². The van der Waals surface area contributed by atoms with Gasteiger partial charge in [-0.25, -0.2) is 0 Å². The number of para-hydroxylation sites is 1. The summed E-state index contributed by atoms with van der Waals surface area (Å²) >= 11 is 0.